The maximum Gasteiger partial charge on any atom is 0.252 e. The van der Waals surface area contributed by atoms with E-state index in [2.05, 4.69) is 15.6 Å². The molecular weight excluding hydrogens is 347 g/mol. The Morgan fingerprint density at radius 2 is 2.07 bits per heavy atom. The molecule has 0 spiro atoms. The molecule has 0 radical (unpaired) electrons. The summed E-state index contributed by atoms with van der Waals surface area (Å²) in [6.07, 6.45) is 4.41. The molecule has 1 aromatic carbocycles. The molecule has 2 amide bonds. The lowest BCUT2D eigenvalue weighted by molar-refractivity contribution is -0.117. The van der Waals surface area contributed by atoms with Gasteiger partial charge in [0.25, 0.3) is 5.91 Å². The number of nitrogens with one attached hydrogen (secondary N) is 2. The SMILES string of the molecule is O=C(NCCc1ccc(F)cc1)c1cnc2c(c1)N(CC1CC1)C(=O)CN2. The lowest BCUT2D eigenvalue weighted by Crippen LogP contribution is -2.41. The van der Waals surface area contributed by atoms with Crippen LogP contribution in [0.2, 0.25) is 0 Å². The predicted octanol–water partition coefficient (Wildman–Crippen LogP) is 2.36. The van der Waals surface area contributed by atoms with Gasteiger partial charge in [0.2, 0.25) is 5.91 Å². The third-order valence-electron chi connectivity index (χ3n) is 4.88. The number of fused-ring (bicyclic) bond motifs is 1. The Labute approximate surface area is 156 Å². The third-order valence-corrected chi connectivity index (χ3v) is 4.88. The molecule has 27 heavy (non-hydrogen) atoms. The quantitative estimate of drug-likeness (QED) is 0.821. The number of hydrogen-bond donors (Lipinski definition) is 2. The first-order valence-corrected chi connectivity index (χ1v) is 9.17. The first-order valence-electron chi connectivity index (χ1n) is 9.17. The number of anilines is 2. The molecule has 1 aliphatic heterocycles. The first-order chi connectivity index (χ1) is 13.1. The Morgan fingerprint density at radius 1 is 1.30 bits per heavy atom. The average molecular weight is 368 g/mol. The molecule has 2 heterocycles. The predicted molar refractivity (Wildman–Crippen MR) is 100 cm³/mol. The van der Waals surface area contributed by atoms with Gasteiger partial charge in [-0.3, -0.25) is 9.59 Å². The van der Waals surface area contributed by atoms with E-state index in [1.165, 1.54) is 18.3 Å². The summed E-state index contributed by atoms with van der Waals surface area (Å²) in [6, 6.07) is 7.94. The number of halogens is 1. The minimum absolute atomic E-state index is 0.00469. The Morgan fingerprint density at radius 3 is 2.81 bits per heavy atom. The van der Waals surface area contributed by atoms with E-state index in [9.17, 15) is 14.0 Å². The van der Waals surface area contributed by atoms with Crippen LogP contribution in [0.1, 0.15) is 28.8 Å². The summed E-state index contributed by atoms with van der Waals surface area (Å²) in [7, 11) is 0. The lowest BCUT2D eigenvalue weighted by Gasteiger charge is -2.29. The van der Waals surface area contributed by atoms with Crippen LogP contribution in [0.25, 0.3) is 0 Å². The summed E-state index contributed by atoms with van der Waals surface area (Å²) in [6.45, 7) is 1.35. The number of aromatic nitrogens is 1. The van der Waals surface area contributed by atoms with Crippen LogP contribution >= 0.6 is 0 Å². The Bertz CT molecular complexity index is 865. The second-order valence-corrected chi connectivity index (χ2v) is 7.03. The normalized spacial score (nSPS) is 15.9. The highest BCUT2D eigenvalue weighted by Gasteiger charge is 2.32. The Hall–Kier alpha value is -2.96. The van der Waals surface area contributed by atoms with E-state index < -0.39 is 0 Å². The molecule has 1 aromatic heterocycles. The maximum absolute atomic E-state index is 12.9. The Balaban J connectivity index is 1.42. The second-order valence-electron chi connectivity index (χ2n) is 7.03. The highest BCUT2D eigenvalue weighted by atomic mass is 19.1. The number of rotatable bonds is 6. The smallest absolute Gasteiger partial charge is 0.252 e. The molecular formula is C20H21FN4O2. The topological polar surface area (TPSA) is 74.3 Å². The van der Waals surface area contributed by atoms with Crippen molar-refractivity contribution in [2.45, 2.75) is 19.3 Å². The van der Waals surface area contributed by atoms with E-state index in [0.29, 0.717) is 42.5 Å². The fourth-order valence-corrected chi connectivity index (χ4v) is 3.14. The number of hydrogen-bond acceptors (Lipinski definition) is 4. The van der Waals surface area contributed by atoms with Gasteiger partial charge in [0.1, 0.15) is 11.6 Å². The van der Waals surface area contributed by atoms with Gasteiger partial charge in [-0.25, -0.2) is 9.37 Å². The van der Waals surface area contributed by atoms with Crippen LogP contribution in [0, 0.1) is 11.7 Å². The van der Waals surface area contributed by atoms with E-state index in [-0.39, 0.29) is 24.2 Å². The van der Waals surface area contributed by atoms with Crippen LogP contribution in [0.3, 0.4) is 0 Å². The number of carbonyl (C=O) groups excluding carboxylic acids is 2. The highest BCUT2D eigenvalue weighted by Crippen LogP contribution is 2.35. The molecule has 0 bridgehead atoms. The van der Waals surface area contributed by atoms with Gasteiger partial charge in [-0.2, -0.15) is 0 Å². The second kappa shape index (κ2) is 7.34. The summed E-state index contributed by atoms with van der Waals surface area (Å²) in [5.41, 5.74) is 2.04. The molecule has 6 nitrogen and oxygen atoms in total. The van der Waals surface area contributed by atoms with Crippen LogP contribution < -0.4 is 15.5 Å². The molecule has 4 rings (SSSR count). The van der Waals surface area contributed by atoms with E-state index in [1.54, 1.807) is 23.1 Å². The van der Waals surface area contributed by atoms with E-state index in [4.69, 9.17) is 0 Å². The maximum atomic E-state index is 12.9. The summed E-state index contributed by atoms with van der Waals surface area (Å²) in [4.78, 5) is 30.8. The minimum atomic E-state index is -0.276. The van der Waals surface area contributed by atoms with Crippen molar-refractivity contribution in [3.05, 3.63) is 53.5 Å². The van der Waals surface area contributed by atoms with Crippen molar-refractivity contribution in [1.82, 2.24) is 10.3 Å². The molecule has 2 aliphatic rings. The molecule has 1 aliphatic carbocycles. The van der Waals surface area contributed by atoms with E-state index in [1.807, 2.05) is 0 Å². The fraction of sp³-hybridized carbons (Fsp3) is 0.350. The minimum Gasteiger partial charge on any atom is -0.359 e. The van der Waals surface area contributed by atoms with Crippen molar-refractivity contribution in [1.29, 1.82) is 0 Å². The zero-order chi connectivity index (χ0) is 18.8. The van der Waals surface area contributed by atoms with Gasteiger partial charge in [0.15, 0.2) is 0 Å². The average Bonchev–Trinajstić information content (AvgIpc) is 3.49. The van der Waals surface area contributed by atoms with Gasteiger partial charge in [0, 0.05) is 19.3 Å². The molecule has 2 N–H and O–H groups in total. The van der Waals surface area contributed by atoms with Crippen molar-refractivity contribution in [3.8, 4) is 0 Å². The Kier molecular flexibility index (Phi) is 4.75. The van der Waals surface area contributed by atoms with E-state index >= 15 is 0 Å². The molecule has 1 fully saturated rings. The van der Waals surface area contributed by atoms with Crippen LogP contribution in [0.4, 0.5) is 15.9 Å². The number of pyridine rings is 1. The van der Waals surface area contributed by atoms with Gasteiger partial charge in [-0.15, -0.1) is 0 Å². The highest BCUT2D eigenvalue weighted by molar-refractivity contribution is 6.04. The van der Waals surface area contributed by atoms with Crippen LogP contribution in [-0.4, -0.2) is 36.4 Å². The number of amides is 2. The number of benzene rings is 1. The number of carbonyl (C=O) groups is 2. The van der Waals surface area contributed by atoms with Gasteiger partial charge >= 0.3 is 0 Å². The van der Waals surface area contributed by atoms with Crippen molar-refractivity contribution < 1.29 is 14.0 Å². The lowest BCUT2D eigenvalue weighted by atomic mass is 10.1. The molecule has 1 saturated carbocycles. The molecule has 0 unspecified atom stereocenters. The van der Waals surface area contributed by atoms with Crippen molar-refractivity contribution >= 4 is 23.3 Å². The largest absolute Gasteiger partial charge is 0.359 e. The van der Waals surface area contributed by atoms with Crippen molar-refractivity contribution in [2.75, 3.05) is 29.9 Å². The standard InChI is InChI=1S/C20H21FN4O2/c21-16-5-3-13(4-6-16)7-8-22-20(27)15-9-17-19(23-10-15)24-11-18(26)25(17)12-14-1-2-14/h3-6,9-10,14H,1-2,7-8,11-12H2,(H,22,27)(H,23,24). The first kappa shape index (κ1) is 17.5. The summed E-state index contributed by atoms with van der Waals surface area (Å²) < 4.78 is 12.9. The fourth-order valence-electron chi connectivity index (χ4n) is 3.14. The van der Waals surface area contributed by atoms with Crippen LogP contribution in [0.15, 0.2) is 36.5 Å². The van der Waals surface area contributed by atoms with Gasteiger partial charge in [-0.05, 0) is 48.9 Å². The van der Waals surface area contributed by atoms with Gasteiger partial charge in [-0.1, -0.05) is 12.1 Å². The summed E-state index contributed by atoms with van der Waals surface area (Å²) >= 11 is 0. The molecule has 7 heteroatoms. The van der Waals surface area contributed by atoms with Gasteiger partial charge < -0.3 is 15.5 Å². The number of nitrogens with zero attached hydrogens (tertiary/aromatic N) is 2. The molecule has 0 saturated heterocycles. The zero-order valence-electron chi connectivity index (χ0n) is 14.9. The van der Waals surface area contributed by atoms with Gasteiger partial charge in [0.05, 0.1) is 17.8 Å². The summed E-state index contributed by atoms with van der Waals surface area (Å²) in [5.74, 6) is 0.676. The third kappa shape index (κ3) is 4.07. The monoisotopic (exact) mass is 368 g/mol. The van der Waals surface area contributed by atoms with Crippen molar-refractivity contribution in [2.24, 2.45) is 5.92 Å². The molecule has 140 valence electrons. The molecule has 0 atom stereocenters. The van der Waals surface area contributed by atoms with Crippen LogP contribution in [-0.2, 0) is 11.2 Å². The van der Waals surface area contributed by atoms with E-state index in [0.717, 1.165) is 18.4 Å². The molecule has 2 aromatic rings. The van der Waals surface area contributed by atoms with Crippen LogP contribution in [0.5, 0.6) is 0 Å². The summed E-state index contributed by atoms with van der Waals surface area (Å²) in [5, 5.41) is 5.86. The zero-order valence-corrected chi connectivity index (χ0v) is 14.9. The van der Waals surface area contributed by atoms with Crippen molar-refractivity contribution in [3.63, 3.8) is 0 Å².